The summed E-state index contributed by atoms with van der Waals surface area (Å²) in [5.41, 5.74) is 0.806. The van der Waals surface area contributed by atoms with Crippen LogP contribution in [0.25, 0.3) is 0 Å². The summed E-state index contributed by atoms with van der Waals surface area (Å²) >= 11 is 5.49. The van der Waals surface area contributed by atoms with Crippen LogP contribution in [0, 0.1) is 11.8 Å². The number of halogens is 1. The van der Waals surface area contributed by atoms with Crippen molar-refractivity contribution >= 4 is 11.6 Å². The molecule has 0 aromatic carbocycles. The summed E-state index contributed by atoms with van der Waals surface area (Å²) in [6.07, 6.45) is 5.58. The number of nitrogens with zero attached hydrogens (tertiary/aromatic N) is 1. The van der Waals surface area contributed by atoms with Crippen LogP contribution in [0.1, 0.15) is 25.3 Å². The van der Waals surface area contributed by atoms with Gasteiger partial charge in [0.25, 0.3) is 0 Å². The zero-order valence-corrected chi connectivity index (χ0v) is 11.4. The average molecular weight is 268 g/mol. The maximum absolute atomic E-state index is 5.52. The molecule has 1 rings (SSSR count). The van der Waals surface area contributed by atoms with Gasteiger partial charge in [0, 0.05) is 18.4 Å². The van der Waals surface area contributed by atoms with E-state index in [4.69, 9.17) is 21.1 Å². The molecule has 0 amide bonds. The fourth-order valence-corrected chi connectivity index (χ4v) is 1.34. The topological polar surface area (TPSA) is 31.4 Å². The van der Waals surface area contributed by atoms with Gasteiger partial charge in [0.05, 0.1) is 18.7 Å². The molecule has 18 heavy (non-hydrogen) atoms. The van der Waals surface area contributed by atoms with Crippen molar-refractivity contribution in [2.75, 3.05) is 25.7 Å². The van der Waals surface area contributed by atoms with Crippen molar-refractivity contribution in [3.63, 3.8) is 0 Å². The standard InChI is InChI=1S/C14H18ClNO2/c1-2-3-7-17-8-9-18-14-10-13(5-4-6-15)11-16-12-14/h10-12H,2-3,6-9H2,1H3. The van der Waals surface area contributed by atoms with Crippen LogP contribution in [-0.4, -0.2) is 30.7 Å². The number of hydrogen-bond acceptors (Lipinski definition) is 3. The Labute approximate surface area is 113 Å². The molecule has 0 unspecified atom stereocenters. The van der Waals surface area contributed by atoms with Crippen molar-refractivity contribution in [1.29, 1.82) is 0 Å². The summed E-state index contributed by atoms with van der Waals surface area (Å²) in [5, 5.41) is 0. The number of ether oxygens (including phenoxy) is 2. The van der Waals surface area contributed by atoms with E-state index in [9.17, 15) is 0 Å². The molecule has 1 aromatic heterocycles. The lowest BCUT2D eigenvalue weighted by Crippen LogP contribution is -2.07. The van der Waals surface area contributed by atoms with Gasteiger partial charge < -0.3 is 9.47 Å². The van der Waals surface area contributed by atoms with Crippen LogP contribution in [0.2, 0.25) is 0 Å². The third-order valence-corrected chi connectivity index (χ3v) is 2.28. The minimum atomic E-state index is 0.316. The Bertz CT molecular complexity index is 398. The summed E-state index contributed by atoms with van der Waals surface area (Å²) in [4.78, 5) is 4.05. The highest BCUT2D eigenvalue weighted by Gasteiger charge is 1.96. The summed E-state index contributed by atoms with van der Waals surface area (Å²) in [6, 6.07) is 1.85. The SMILES string of the molecule is CCCCOCCOc1cncc(C#CCCl)c1. The molecule has 0 spiro atoms. The van der Waals surface area contributed by atoms with Crippen molar-refractivity contribution in [3.8, 4) is 17.6 Å². The first-order chi connectivity index (χ1) is 8.86. The average Bonchev–Trinajstić information content (AvgIpc) is 2.41. The lowest BCUT2D eigenvalue weighted by Gasteiger charge is -2.06. The van der Waals surface area contributed by atoms with Gasteiger partial charge >= 0.3 is 0 Å². The van der Waals surface area contributed by atoms with E-state index in [1.54, 1.807) is 12.4 Å². The van der Waals surface area contributed by atoms with Crippen LogP contribution in [0.4, 0.5) is 0 Å². The van der Waals surface area contributed by atoms with Gasteiger partial charge in [-0.3, -0.25) is 4.98 Å². The first-order valence-corrected chi connectivity index (χ1v) is 6.60. The maximum atomic E-state index is 5.52. The number of rotatable bonds is 7. The fraction of sp³-hybridized carbons (Fsp3) is 0.500. The van der Waals surface area contributed by atoms with E-state index in [0.29, 0.717) is 24.8 Å². The minimum Gasteiger partial charge on any atom is -0.490 e. The molecule has 0 saturated carbocycles. The second kappa shape index (κ2) is 9.76. The molecule has 0 bridgehead atoms. The van der Waals surface area contributed by atoms with Crippen LogP contribution < -0.4 is 4.74 Å². The molecule has 1 heterocycles. The monoisotopic (exact) mass is 267 g/mol. The van der Waals surface area contributed by atoms with E-state index in [1.807, 2.05) is 6.07 Å². The molecule has 98 valence electrons. The van der Waals surface area contributed by atoms with E-state index in [2.05, 4.69) is 23.7 Å². The normalized spacial score (nSPS) is 9.67. The van der Waals surface area contributed by atoms with E-state index >= 15 is 0 Å². The van der Waals surface area contributed by atoms with Crippen LogP contribution in [0.3, 0.4) is 0 Å². The van der Waals surface area contributed by atoms with Gasteiger partial charge in [-0.15, -0.1) is 11.6 Å². The molecule has 0 atom stereocenters. The first-order valence-electron chi connectivity index (χ1n) is 6.07. The molecule has 0 radical (unpaired) electrons. The zero-order chi connectivity index (χ0) is 13.1. The van der Waals surface area contributed by atoms with Crippen molar-refractivity contribution in [2.45, 2.75) is 19.8 Å². The van der Waals surface area contributed by atoms with Gasteiger partial charge in [0.2, 0.25) is 0 Å². The number of hydrogen-bond donors (Lipinski definition) is 0. The van der Waals surface area contributed by atoms with Crippen molar-refractivity contribution in [2.24, 2.45) is 0 Å². The van der Waals surface area contributed by atoms with Crippen LogP contribution in [0.5, 0.6) is 5.75 Å². The molecule has 4 heteroatoms. The predicted molar refractivity (Wildman–Crippen MR) is 73.1 cm³/mol. The number of pyridine rings is 1. The Morgan fingerprint density at radius 3 is 2.94 bits per heavy atom. The second-order valence-electron chi connectivity index (χ2n) is 3.66. The fourth-order valence-electron chi connectivity index (χ4n) is 1.27. The highest BCUT2D eigenvalue weighted by molar-refractivity contribution is 6.19. The maximum Gasteiger partial charge on any atom is 0.138 e. The quantitative estimate of drug-likeness (QED) is 0.432. The van der Waals surface area contributed by atoms with Crippen LogP contribution in [0.15, 0.2) is 18.5 Å². The molecule has 0 fully saturated rings. The van der Waals surface area contributed by atoms with E-state index in [-0.39, 0.29) is 0 Å². The summed E-state index contributed by atoms with van der Waals surface area (Å²) in [5.74, 6) is 6.69. The summed E-state index contributed by atoms with van der Waals surface area (Å²) in [7, 11) is 0. The molecule has 0 aliphatic rings. The summed E-state index contributed by atoms with van der Waals surface area (Å²) in [6.45, 7) is 4.05. The molecular formula is C14H18ClNO2. The Kier molecular flexibility index (Phi) is 8.03. The lowest BCUT2D eigenvalue weighted by molar-refractivity contribution is 0.0979. The predicted octanol–water partition coefficient (Wildman–Crippen LogP) is 2.87. The molecule has 0 saturated heterocycles. The third-order valence-electron chi connectivity index (χ3n) is 2.15. The van der Waals surface area contributed by atoms with Crippen molar-refractivity contribution < 1.29 is 9.47 Å². The third kappa shape index (κ3) is 6.48. The van der Waals surface area contributed by atoms with E-state index in [1.165, 1.54) is 0 Å². The Balaban J connectivity index is 2.29. The molecule has 1 aromatic rings. The summed E-state index contributed by atoms with van der Waals surface area (Å²) < 4.78 is 10.9. The van der Waals surface area contributed by atoms with Crippen LogP contribution >= 0.6 is 11.6 Å². The molecule has 0 aliphatic heterocycles. The van der Waals surface area contributed by atoms with Gasteiger partial charge in [-0.25, -0.2) is 0 Å². The minimum absolute atomic E-state index is 0.316. The Morgan fingerprint density at radius 2 is 2.17 bits per heavy atom. The largest absolute Gasteiger partial charge is 0.490 e. The number of aromatic nitrogens is 1. The van der Waals surface area contributed by atoms with Gasteiger partial charge in [0.1, 0.15) is 12.4 Å². The van der Waals surface area contributed by atoms with Gasteiger partial charge in [-0.1, -0.05) is 25.2 Å². The van der Waals surface area contributed by atoms with E-state index < -0.39 is 0 Å². The molecule has 0 N–H and O–H groups in total. The first kappa shape index (κ1) is 14.8. The highest BCUT2D eigenvalue weighted by Crippen LogP contribution is 2.10. The molecular weight excluding hydrogens is 250 g/mol. The lowest BCUT2D eigenvalue weighted by atomic mass is 10.3. The number of alkyl halides is 1. The second-order valence-corrected chi connectivity index (χ2v) is 3.93. The van der Waals surface area contributed by atoms with Crippen LogP contribution in [-0.2, 0) is 4.74 Å². The molecule has 3 nitrogen and oxygen atoms in total. The number of unbranched alkanes of at least 4 members (excludes halogenated alkanes) is 1. The Morgan fingerprint density at radius 1 is 1.28 bits per heavy atom. The van der Waals surface area contributed by atoms with Crippen molar-refractivity contribution in [3.05, 3.63) is 24.0 Å². The van der Waals surface area contributed by atoms with Gasteiger partial charge in [-0.2, -0.15) is 0 Å². The Hall–Kier alpha value is -1.24. The smallest absolute Gasteiger partial charge is 0.138 e. The zero-order valence-electron chi connectivity index (χ0n) is 10.6. The van der Waals surface area contributed by atoms with E-state index in [0.717, 1.165) is 25.0 Å². The highest BCUT2D eigenvalue weighted by atomic mass is 35.5. The van der Waals surface area contributed by atoms with Crippen molar-refractivity contribution in [1.82, 2.24) is 4.98 Å². The van der Waals surface area contributed by atoms with Gasteiger partial charge in [0.15, 0.2) is 0 Å². The van der Waals surface area contributed by atoms with Gasteiger partial charge in [-0.05, 0) is 12.5 Å². The molecule has 0 aliphatic carbocycles.